The molecule has 1 rings (SSSR count). The van der Waals surface area contributed by atoms with Gasteiger partial charge >= 0.3 is 0 Å². The van der Waals surface area contributed by atoms with Crippen LogP contribution in [0.3, 0.4) is 0 Å². The molecule has 0 saturated carbocycles. The lowest BCUT2D eigenvalue weighted by Crippen LogP contribution is -2.49. The van der Waals surface area contributed by atoms with E-state index in [0.717, 1.165) is 38.8 Å². The number of hydrogen-bond donors (Lipinski definition) is 1. The molecule has 1 aliphatic rings. The van der Waals surface area contributed by atoms with Crippen LogP contribution in [0.2, 0.25) is 0 Å². The first kappa shape index (κ1) is 14.9. The number of methoxy groups -OCH3 is 2. The van der Waals surface area contributed by atoms with Gasteiger partial charge in [-0.2, -0.15) is 0 Å². The van der Waals surface area contributed by atoms with Crippen LogP contribution in [0.1, 0.15) is 32.6 Å². The Morgan fingerprint density at radius 3 is 2.24 bits per heavy atom. The van der Waals surface area contributed by atoms with Crippen LogP contribution in [0.4, 0.5) is 0 Å². The van der Waals surface area contributed by atoms with Gasteiger partial charge in [0, 0.05) is 20.8 Å². The summed E-state index contributed by atoms with van der Waals surface area (Å²) in [4.78, 5) is 2.45. The molecule has 1 unspecified atom stereocenters. The summed E-state index contributed by atoms with van der Waals surface area (Å²) in [6.07, 6.45) is 4.25. The highest BCUT2D eigenvalue weighted by atomic mass is 16.7. The van der Waals surface area contributed by atoms with Gasteiger partial charge in [0.2, 0.25) is 0 Å². The van der Waals surface area contributed by atoms with Crippen LogP contribution >= 0.6 is 0 Å². The SMILES string of the molecule is CCCC(C(OC)OC)N1CCC(CO)CC1. The number of nitrogens with zero attached hydrogens (tertiary/aromatic N) is 1. The monoisotopic (exact) mass is 245 g/mol. The van der Waals surface area contributed by atoms with Crippen molar-refractivity contribution in [2.45, 2.75) is 44.9 Å². The summed E-state index contributed by atoms with van der Waals surface area (Å²) in [5.41, 5.74) is 0. The highest BCUT2D eigenvalue weighted by molar-refractivity contribution is 4.80. The van der Waals surface area contributed by atoms with Gasteiger partial charge < -0.3 is 14.6 Å². The van der Waals surface area contributed by atoms with E-state index < -0.39 is 0 Å². The fraction of sp³-hybridized carbons (Fsp3) is 1.00. The van der Waals surface area contributed by atoms with E-state index in [0.29, 0.717) is 18.6 Å². The summed E-state index contributed by atoms with van der Waals surface area (Å²) in [7, 11) is 3.41. The lowest BCUT2D eigenvalue weighted by Gasteiger charge is -2.39. The number of piperidine rings is 1. The Bertz CT molecular complexity index is 189. The molecule has 1 fully saturated rings. The maximum absolute atomic E-state index is 9.15. The molecule has 1 heterocycles. The van der Waals surface area contributed by atoms with Crippen LogP contribution in [-0.2, 0) is 9.47 Å². The molecule has 4 heteroatoms. The van der Waals surface area contributed by atoms with E-state index in [1.807, 2.05) is 0 Å². The average Bonchev–Trinajstić information content (AvgIpc) is 2.39. The molecule has 0 amide bonds. The Kier molecular flexibility index (Phi) is 7.04. The Labute approximate surface area is 105 Å². The van der Waals surface area contributed by atoms with E-state index in [9.17, 15) is 0 Å². The van der Waals surface area contributed by atoms with Crippen molar-refractivity contribution in [2.24, 2.45) is 5.92 Å². The fourth-order valence-electron chi connectivity index (χ4n) is 2.66. The zero-order valence-corrected chi connectivity index (χ0v) is 11.4. The molecule has 102 valence electrons. The molecule has 0 aromatic carbocycles. The third kappa shape index (κ3) is 4.21. The second kappa shape index (κ2) is 8.03. The molecular weight excluding hydrogens is 218 g/mol. The Morgan fingerprint density at radius 2 is 1.82 bits per heavy atom. The normalized spacial score (nSPS) is 21.0. The van der Waals surface area contributed by atoms with E-state index >= 15 is 0 Å². The predicted octanol–water partition coefficient (Wildman–Crippen LogP) is 1.48. The van der Waals surface area contributed by atoms with Gasteiger partial charge in [-0.1, -0.05) is 13.3 Å². The number of aliphatic hydroxyl groups is 1. The van der Waals surface area contributed by atoms with Crippen LogP contribution in [0.15, 0.2) is 0 Å². The number of likely N-dealkylation sites (tertiary alicyclic amines) is 1. The fourth-order valence-corrected chi connectivity index (χ4v) is 2.66. The summed E-state index contributed by atoms with van der Waals surface area (Å²) in [5, 5.41) is 9.15. The van der Waals surface area contributed by atoms with Crippen molar-refractivity contribution < 1.29 is 14.6 Å². The summed E-state index contributed by atoms with van der Waals surface area (Å²) in [5.74, 6) is 0.483. The van der Waals surface area contributed by atoms with Crippen molar-refractivity contribution in [3.63, 3.8) is 0 Å². The lowest BCUT2D eigenvalue weighted by atomic mass is 9.95. The molecule has 1 N–H and O–H groups in total. The highest BCUT2D eigenvalue weighted by Crippen LogP contribution is 2.23. The molecule has 0 bridgehead atoms. The van der Waals surface area contributed by atoms with Gasteiger partial charge in [-0.3, -0.25) is 4.90 Å². The van der Waals surface area contributed by atoms with Gasteiger partial charge in [-0.25, -0.2) is 0 Å². The van der Waals surface area contributed by atoms with E-state index in [1.165, 1.54) is 0 Å². The molecule has 1 aliphatic heterocycles. The molecule has 0 radical (unpaired) electrons. The molecular formula is C13H27NO3. The third-order valence-corrected chi connectivity index (χ3v) is 3.74. The molecule has 0 aliphatic carbocycles. The van der Waals surface area contributed by atoms with Crippen LogP contribution in [0, 0.1) is 5.92 Å². The highest BCUT2D eigenvalue weighted by Gasteiger charge is 2.30. The van der Waals surface area contributed by atoms with Crippen LogP contribution in [0.5, 0.6) is 0 Å². The zero-order valence-electron chi connectivity index (χ0n) is 11.4. The van der Waals surface area contributed by atoms with Crippen molar-refractivity contribution >= 4 is 0 Å². The number of ether oxygens (including phenoxy) is 2. The Balaban J connectivity index is 2.52. The summed E-state index contributed by atoms with van der Waals surface area (Å²) in [6.45, 7) is 4.60. The summed E-state index contributed by atoms with van der Waals surface area (Å²) >= 11 is 0. The maximum Gasteiger partial charge on any atom is 0.172 e. The number of aliphatic hydroxyl groups excluding tert-OH is 1. The third-order valence-electron chi connectivity index (χ3n) is 3.74. The number of rotatable bonds is 7. The molecule has 0 spiro atoms. The molecule has 0 aromatic rings. The minimum Gasteiger partial charge on any atom is -0.396 e. The summed E-state index contributed by atoms with van der Waals surface area (Å²) < 4.78 is 10.8. The second-order valence-corrected chi connectivity index (χ2v) is 4.86. The lowest BCUT2D eigenvalue weighted by molar-refractivity contribution is -0.152. The standard InChI is InChI=1S/C13H27NO3/c1-4-5-12(13(16-2)17-3)14-8-6-11(10-15)7-9-14/h11-13,15H,4-10H2,1-3H3. The second-order valence-electron chi connectivity index (χ2n) is 4.86. The molecule has 1 atom stereocenters. The van der Waals surface area contributed by atoms with Crippen molar-refractivity contribution in [3.8, 4) is 0 Å². The first-order valence-corrected chi connectivity index (χ1v) is 6.67. The Hall–Kier alpha value is -0.160. The smallest absolute Gasteiger partial charge is 0.172 e. The Morgan fingerprint density at radius 1 is 1.24 bits per heavy atom. The van der Waals surface area contributed by atoms with Crippen LogP contribution < -0.4 is 0 Å². The van der Waals surface area contributed by atoms with Crippen molar-refractivity contribution in [1.82, 2.24) is 4.90 Å². The van der Waals surface area contributed by atoms with Gasteiger partial charge in [0.1, 0.15) is 0 Å². The van der Waals surface area contributed by atoms with Crippen LogP contribution in [0.25, 0.3) is 0 Å². The minimum absolute atomic E-state index is 0.138. The molecule has 1 saturated heterocycles. The quantitative estimate of drug-likeness (QED) is 0.690. The van der Waals surface area contributed by atoms with Gasteiger partial charge in [-0.15, -0.1) is 0 Å². The topological polar surface area (TPSA) is 41.9 Å². The first-order valence-electron chi connectivity index (χ1n) is 6.67. The van der Waals surface area contributed by atoms with E-state index in [2.05, 4.69) is 11.8 Å². The molecule has 4 nitrogen and oxygen atoms in total. The summed E-state index contributed by atoms with van der Waals surface area (Å²) in [6, 6.07) is 0.342. The average molecular weight is 245 g/mol. The molecule has 0 aromatic heterocycles. The van der Waals surface area contributed by atoms with Gasteiger partial charge in [0.25, 0.3) is 0 Å². The minimum atomic E-state index is -0.138. The van der Waals surface area contributed by atoms with Crippen molar-refractivity contribution in [2.75, 3.05) is 33.9 Å². The van der Waals surface area contributed by atoms with Crippen LogP contribution in [-0.4, -0.2) is 56.3 Å². The van der Waals surface area contributed by atoms with Gasteiger partial charge in [0.05, 0.1) is 6.04 Å². The number of hydrogen-bond acceptors (Lipinski definition) is 4. The van der Waals surface area contributed by atoms with E-state index in [1.54, 1.807) is 14.2 Å². The first-order chi connectivity index (χ1) is 8.26. The van der Waals surface area contributed by atoms with Crippen molar-refractivity contribution in [1.29, 1.82) is 0 Å². The van der Waals surface area contributed by atoms with Gasteiger partial charge in [-0.05, 0) is 38.3 Å². The van der Waals surface area contributed by atoms with Crippen molar-refractivity contribution in [3.05, 3.63) is 0 Å². The van der Waals surface area contributed by atoms with E-state index in [4.69, 9.17) is 14.6 Å². The largest absolute Gasteiger partial charge is 0.396 e. The van der Waals surface area contributed by atoms with E-state index in [-0.39, 0.29) is 6.29 Å². The predicted molar refractivity (Wildman–Crippen MR) is 67.9 cm³/mol. The zero-order chi connectivity index (χ0) is 12.7. The molecule has 17 heavy (non-hydrogen) atoms. The maximum atomic E-state index is 9.15. The van der Waals surface area contributed by atoms with Gasteiger partial charge in [0.15, 0.2) is 6.29 Å².